The van der Waals surface area contributed by atoms with E-state index in [1.54, 1.807) is 18.2 Å². The lowest BCUT2D eigenvalue weighted by molar-refractivity contribution is -0.120. The fourth-order valence-corrected chi connectivity index (χ4v) is 4.25. The van der Waals surface area contributed by atoms with Crippen LogP contribution in [0.3, 0.4) is 0 Å². The van der Waals surface area contributed by atoms with Crippen molar-refractivity contribution in [1.29, 1.82) is 0 Å². The first-order valence-corrected chi connectivity index (χ1v) is 9.77. The van der Waals surface area contributed by atoms with E-state index in [2.05, 4.69) is 0 Å². The zero-order valence-electron chi connectivity index (χ0n) is 15.8. The molecule has 5 heteroatoms. The molecular weight excluding hydrogens is 367 g/mol. The molecule has 29 heavy (non-hydrogen) atoms. The molecule has 0 radical (unpaired) electrons. The van der Waals surface area contributed by atoms with Crippen LogP contribution in [-0.2, 0) is 9.59 Å². The predicted molar refractivity (Wildman–Crippen MR) is 111 cm³/mol. The van der Waals surface area contributed by atoms with E-state index >= 15 is 0 Å². The van der Waals surface area contributed by atoms with Gasteiger partial charge in [0.1, 0.15) is 11.5 Å². The molecule has 1 fully saturated rings. The fourth-order valence-electron chi connectivity index (χ4n) is 4.25. The molecule has 0 atom stereocenters. The summed E-state index contributed by atoms with van der Waals surface area (Å²) in [6, 6.07) is 19.1. The highest BCUT2D eigenvalue weighted by molar-refractivity contribution is 6.46. The Morgan fingerprint density at radius 2 is 1.45 bits per heavy atom. The molecule has 0 aliphatic carbocycles. The Hall–Kier alpha value is -3.47. The lowest BCUT2D eigenvalue weighted by Gasteiger charge is -2.21. The van der Waals surface area contributed by atoms with Crippen LogP contribution in [0.15, 0.2) is 72.4 Å². The summed E-state index contributed by atoms with van der Waals surface area (Å²) in [6.07, 6.45) is 1.96. The number of halogens is 1. The molecule has 0 bridgehead atoms. The number of carbonyl (C=O) groups is 2. The second kappa shape index (κ2) is 6.85. The summed E-state index contributed by atoms with van der Waals surface area (Å²) in [6.45, 7) is 1.48. The highest BCUT2D eigenvalue weighted by Gasteiger charge is 2.43. The van der Waals surface area contributed by atoms with Gasteiger partial charge in [0.25, 0.3) is 11.8 Å². The molecular formula is C24H19FN2O2. The van der Waals surface area contributed by atoms with Gasteiger partial charge in [-0.25, -0.2) is 9.29 Å². The molecule has 0 aromatic heterocycles. The molecule has 0 unspecified atom stereocenters. The number of rotatable bonds is 3. The molecule has 144 valence electrons. The Morgan fingerprint density at radius 1 is 0.759 bits per heavy atom. The van der Waals surface area contributed by atoms with Gasteiger partial charge in [-0.15, -0.1) is 0 Å². The number of hydrogen-bond donors (Lipinski definition) is 0. The first kappa shape index (κ1) is 17.6. The van der Waals surface area contributed by atoms with Crippen LogP contribution in [0.5, 0.6) is 0 Å². The van der Waals surface area contributed by atoms with Gasteiger partial charge in [-0.05, 0) is 42.0 Å². The van der Waals surface area contributed by atoms with Crippen LogP contribution >= 0.6 is 0 Å². The average Bonchev–Trinajstić information content (AvgIpc) is 3.35. The minimum Gasteiger partial charge on any atom is -0.366 e. The van der Waals surface area contributed by atoms with Gasteiger partial charge in [-0.3, -0.25) is 9.59 Å². The minimum absolute atomic E-state index is 0.312. The van der Waals surface area contributed by atoms with Crippen molar-refractivity contribution in [1.82, 2.24) is 4.90 Å². The fraction of sp³-hybridized carbons (Fsp3) is 0.167. The quantitative estimate of drug-likeness (QED) is 0.628. The average molecular weight is 386 g/mol. The van der Waals surface area contributed by atoms with Crippen LogP contribution in [0, 0.1) is 5.82 Å². The van der Waals surface area contributed by atoms with E-state index in [1.165, 1.54) is 17.0 Å². The van der Waals surface area contributed by atoms with Crippen molar-refractivity contribution in [3.63, 3.8) is 0 Å². The third kappa shape index (κ3) is 2.81. The monoisotopic (exact) mass is 386 g/mol. The van der Waals surface area contributed by atoms with Crippen molar-refractivity contribution in [2.75, 3.05) is 18.0 Å². The molecule has 0 N–H and O–H groups in total. The summed E-state index contributed by atoms with van der Waals surface area (Å²) < 4.78 is 13.5. The third-order valence-electron chi connectivity index (χ3n) is 5.62. The highest BCUT2D eigenvalue weighted by Crippen LogP contribution is 2.38. The molecule has 0 spiro atoms. The predicted octanol–water partition coefficient (Wildman–Crippen LogP) is 4.36. The van der Waals surface area contributed by atoms with Gasteiger partial charge in [0.05, 0.1) is 11.3 Å². The summed E-state index contributed by atoms with van der Waals surface area (Å²) >= 11 is 0. The summed E-state index contributed by atoms with van der Waals surface area (Å²) in [5.74, 6) is -1.05. The number of hydrogen-bond acceptors (Lipinski definition) is 3. The van der Waals surface area contributed by atoms with E-state index in [0.29, 0.717) is 22.5 Å². The number of anilines is 1. The topological polar surface area (TPSA) is 40.6 Å². The summed E-state index contributed by atoms with van der Waals surface area (Å²) in [5, 5.41) is 1.81. The number of benzene rings is 3. The molecule has 2 amide bonds. The zero-order chi connectivity index (χ0) is 20.0. The Morgan fingerprint density at radius 3 is 2.21 bits per heavy atom. The lowest BCUT2D eigenvalue weighted by atomic mass is 10.0. The number of amides is 2. The Bertz CT molecular complexity index is 1160. The SMILES string of the molecule is O=C1C(c2ccc(F)cc2)=C(N2CCCC2)C(=O)N1c1cccc2ccccc12. The maximum atomic E-state index is 13.5. The van der Waals surface area contributed by atoms with Crippen molar-refractivity contribution >= 4 is 33.8 Å². The van der Waals surface area contributed by atoms with Crippen LogP contribution in [0.1, 0.15) is 18.4 Å². The van der Waals surface area contributed by atoms with Crippen LogP contribution in [-0.4, -0.2) is 29.8 Å². The normalized spacial score (nSPS) is 17.1. The first-order chi connectivity index (χ1) is 14.1. The summed E-state index contributed by atoms with van der Waals surface area (Å²) in [5.41, 5.74) is 1.91. The molecule has 2 aliphatic heterocycles. The highest BCUT2D eigenvalue weighted by atomic mass is 19.1. The minimum atomic E-state index is -0.375. The van der Waals surface area contributed by atoms with Crippen molar-refractivity contribution in [3.05, 3.63) is 83.8 Å². The largest absolute Gasteiger partial charge is 0.366 e. The van der Waals surface area contributed by atoms with Crippen LogP contribution in [0.25, 0.3) is 16.3 Å². The van der Waals surface area contributed by atoms with Gasteiger partial charge in [0, 0.05) is 18.5 Å². The van der Waals surface area contributed by atoms with Gasteiger partial charge in [0.15, 0.2) is 0 Å². The van der Waals surface area contributed by atoms with Crippen LogP contribution < -0.4 is 4.90 Å². The Kier molecular flexibility index (Phi) is 4.16. The van der Waals surface area contributed by atoms with E-state index in [9.17, 15) is 14.0 Å². The van der Waals surface area contributed by atoms with Crippen molar-refractivity contribution in [2.45, 2.75) is 12.8 Å². The number of imide groups is 1. The van der Waals surface area contributed by atoms with Gasteiger partial charge in [0.2, 0.25) is 0 Å². The van der Waals surface area contributed by atoms with Crippen LogP contribution in [0.4, 0.5) is 10.1 Å². The maximum absolute atomic E-state index is 13.5. The Labute approximate surface area is 167 Å². The molecule has 4 nitrogen and oxygen atoms in total. The second-order valence-corrected chi connectivity index (χ2v) is 7.37. The van der Waals surface area contributed by atoms with Gasteiger partial charge in [-0.1, -0.05) is 48.5 Å². The molecule has 2 aliphatic rings. The molecule has 5 rings (SSSR count). The Balaban J connectivity index is 1.68. The molecule has 2 heterocycles. The standard InChI is InChI=1S/C24H19FN2O2/c25-18-12-10-17(11-13-18)21-22(26-14-3-4-15-26)24(29)27(23(21)28)20-9-5-7-16-6-1-2-8-19(16)20/h1-2,5-13H,3-4,14-15H2. The molecule has 3 aromatic carbocycles. The van der Waals surface area contributed by atoms with Crippen LogP contribution in [0.2, 0.25) is 0 Å². The third-order valence-corrected chi connectivity index (χ3v) is 5.62. The maximum Gasteiger partial charge on any atom is 0.282 e. The van der Waals surface area contributed by atoms with Crippen molar-refractivity contribution in [3.8, 4) is 0 Å². The van der Waals surface area contributed by atoms with E-state index < -0.39 is 0 Å². The first-order valence-electron chi connectivity index (χ1n) is 9.77. The number of fused-ring (bicyclic) bond motifs is 1. The van der Waals surface area contributed by atoms with Crippen molar-refractivity contribution < 1.29 is 14.0 Å². The molecule has 0 saturated carbocycles. The smallest absolute Gasteiger partial charge is 0.282 e. The van der Waals surface area contributed by atoms with E-state index in [-0.39, 0.29) is 17.6 Å². The van der Waals surface area contributed by atoms with Gasteiger partial charge < -0.3 is 4.90 Å². The second-order valence-electron chi connectivity index (χ2n) is 7.37. The summed E-state index contributed by atoms with van der Waals surface area (Å²) in [4.78, 5) is 30.3. The van der Waals surface area contributed by atoms with E-state index in [0.717, 1.165) is 36.7 Å². The number of likely N-dealkylation sites (tertiary alicyclic amines) is 1. The molecule has 3 aromatic rings. The van der Waals surface area contributed by atoms with Gasteiger partial charge >= 0.3 is 0 Å². The summed E-state index contributed by atoms with van der Waals surface area (Å²) in [7, 11) is 0. The number of nitrogens with zero attached hydrogens (tertiary/aromatic N) is 2. The van der Waals surface area contributed by atoms with E-state index in [1.807, 2.05) is 41.3 Å². The number of carbonyl (C=O) groups excluding carboxylic acids is 2. The lowest BCUT2D eigenvalue weighted by Crippen LogP contribution is -2.34. The van der Waals surface area contributed by atoms with Gasteiger partial charge in [-0.2, -0.15) is 0 Å². The molecule has 1 saturated heterocycles. The zero-order valence-corrected chi connectivity index (χ0v) is 15.8. The van der Waals surface area contributed by atoms with E-state index in [4.69, 9.17) is 0 Å². The van der Waals surface area contributed by atoms with Crippen molar-refractivity contribution in [2.24, 2.45) is 0 Å².